The number of nitrogens with zero attached hydrogens (tertiary/aromatic N) is 3. The molecule has 0 N–H and O–H groups in total. The second-order valence-electron chi connectivity index (χ2n) is 9.10. The van der Waals surface area contributed by atoms with Crippen LogP contribution in [0.2, 0.25) is 0 Å². The molecule has 0 bridgehead atoms. The van der Waals surface area contributed by atoms with Gasteiger partial charge in [0.1, 0.15) is 0 Å². The Morgan fingerprint density at radius 1 is 0.514 bits per heavy atom. The number of aromatic nitrogens is 3. The van der Waals surface area contributed by atoms with Crippen molar-refractivity contribution in [2.24, 2.45) is 0 Å². The SMILES string of the molecule is c1ccc2c(c1)c1cccc3ccc4cccc(c5cccc(-c6cn7cccnc7n6)c25)c4c31. The van der Waals surface area contributed by atoms with Gasteiger partial charge >= 0.3 is 0 Å². The van der Waals surface area contributed by atoms with Crippen molar-refractivity contribution in [2.45, 2.75) is 0 Å². The van der Waals surface area contributed by atoms with Gasteiger partial charge in [0, 0.05) is 24.2 Å². The molecule has 2 aromatic heterocycles. The molecule has 162 valence electrons. The van der Waals surface area contributed by atoms with Crippen molar-refractivity contribution in [2.75, 3.05) is 0 Å². The molecule has 0 aliphatic carbocycles. The van der Waals surface area contributed by atoms with E-state index >= 15 is 0 Å². The predicted molar refractivity (Wildman–Crippen MR) is 146 cm³/mol. The highest BCUT2D eigenvalue weighted by Gasteiger charge is 2.15. The Morgan fingerprint density at radius 3 is 1.86 bits per heavy atom. The van der Waals surface area contributed by atoms with Gasteiger partial charge in [-0.05, 0) is 59.9 Å². The maximum atomic E-state index is 4.90. The summed E-state index contributed by atoms with van der Waals surface area (Å²) in [5.74, 6) is 0.705. The molecule has 0 spiro atoms. The van der Waals surface area contributed by atoms with Crippen LogP contribution < -0.4 is 0 Å². The van der Waals surface area contributed by atoms with Crippen molar-refractivity contribution in [3.8, 4) is 11.3 Å². The highest BCUT2D eigenvalue weighted by Crippen LogP contribution is 2.42. The van der Waals surface area contributed by atoms with Crippen LogP contribution in [0.5, 0.6) is 0 Å². The molecule has 35 heavy (non-hydrogen) atoms. The van der Waals surface area contributed by atoms with E-state index in [2.05, 4.69) is 102 Å². The third-order valence-corrected chi connectivity index (χ3v) is 7.24. The van der Waals surface area contributed by atoms with E-state index in [4.69, 9.17) is 4.98 Å². The fraction of sp³-hybridized carbons (Fsp3) is 0. The second-order valence-corrected chi connectivity index (χ2v) is 9.10. The van der Waals surface area contributed by atoms with E-state index in [-0.39, 0.29) is 0 Å². The van der Waals surface area contributed by atoms with Crippen molar-refractivity contribution in [3.05, 3.63) is 116 Å². The Morgan fingerprint density at radius 2 is 1.11 bits per heavy atom. The number of rotatable bonds is 1. The molecule has 2 heterocycles. The number of hydrogen-bond donors (Lipinski definition) is 0. The van der Waals surface area contributed by atoms with Crippen LogP contribution in [-0.4, -0.2) is 14.4 Å². The van der Waals surface area contributed by atoms with Crippen LogP contribution in [0.15, 0.2) is 116 Å². The summed E-state index contributed by atoms with van der Waals surface area (Å²) in [6.07, 6.45) is 5.86. The van der Waals surface area contributed by atoms with Gasteiger partial charge in [0.25, 0.3) is 0 Å². The largest absolute Gasteiger partial charge is 0.291 e. The molecule has 8 aromatic rings. The van der Waals surface area contributed by atoms with E-state index in [0.717, 1.165) is 11.3 Å². The average Bonchev–Trinajstić information content (AvgIpc) is 3.35. The first-order valence-corrected chi connectivity index (χ1v) is 11.8. The fourth-order valence-electron chi connectivity index (χ4n) is 5.78. The van der Waals surface area contributed by atoms with Crippen molar-refractivity contribution in [1.82, 2.24) is 14.4 Å². The monoisotopic (exact) mass is 445 g/mol. The standard InChI is InChI=1S/C32H19N3/c1-2-10-24-22(9-1)23-11-3-7-20-15-16-21-8-4-12-25(30(21)29(20)23)26-13-5-14-27(31(24)26)28-19-35-18-6-17-33-32(35)34-28/h1-19H. The summed E-state index contributed by atoms with van der Waals surface area (Å²) in [6, 6.07) is 35.1. The number of fused-ring (bicyclic) bond motifs is 6. The van der Waals surface area contributed by atoms with E-state index in [1.807, 2.05) is 16.7 Å². The van der Waals surface area contributed by atoms with Crippen LogP contribution >= 0.6 is 0 Å². The minimum atomic E-state index is 0.705. The van der Waals surface area contributed by atoms with E-state index in [1.165, 1.54) is 53.9 Å². The molecule has 0 unspecified atom stereocenters. The first-order valence-electron chi connectivity index (χ1n) is 11.8. The Balaban J connectivity index is 1.72. The molecule has 0 radical (unpaired) electrons. The molecule has 6 aromatic carbocycles. The first kappa shape index (κ1) is 18.6. The van der Waals surface area contributed by atoms with Gasteiger partial charge in [-0.3, -0.25) is 4.40 Å². The molecule has 0 aliphatic rings. The maximum absolute atomic E-state index is 4.90. The minimum absolute atomic E-state index is 0.705. The molecule has 0 saturated heterocycles. The summed E-state index contributed by atoms with van der Waals surface area (Å²) in [5.41, 5.74) is 2.04. The molecule has 0 amide bonds. The summed E-state index contributed by atoms with van der Waals surface area (Å²) in [4.78, 5) is 9.36. The number of imidazole rings is 1. The lowest BCUT2D eigenvalue weighted by Gasteiger charge is -2.15. The topological polar surface area (TPSA) is 30.2 Å². The van der Waals surface area contributed by atoms with Gasteiger partial charge < -0.3 is 0 Å². The van der Waals surface area contributed by atoms with Gasteiger partial charge in [0.05, 0.1) is 5.69 Å². The molecule has 0 fully saturated rings. The molecular weight excluding hydrogens is 426 g/mol. The lowest BCUT2D eigenvalue weighted by atomic mass is 9.89. The van der Waals surface area contributed by atoms with Crippen molar-refractivity contribution in [1.29, 1.82) is 0 Å². The Hall–Kier alpha value is -4.76. The molecular formula is C32H19N3. The molecule has 0 aliphatic heterocycles. The summed E-state index contributed by atoms with van der Waals surface area (Å²) in [7, 11) is 0. The third-order valence-electron chi connectivity index (χ3n) is 7.24. The summed E-state index contributed by atoms with van der Waals surface area (Å²) in [5, 5.41) is 12.6. The molecule has 3 heteroatoms. The number of benzene rings is 5. The molecule has 0 saturated carbocycles. The quantitative estimate of drug-likeness (QED) is 0.239. The van der Waals surface area contributed by atoms with Crippen molar-refractivity contribution >= 4 is 59.6 Å². The Bertz CT molecular complexity index is 2090. The fourth-order valence-corrected chi connectivity index (χ4v) is 5.78. The van der Waals surface area contributed by atoms with Crippen molar-refractivity contribution in [3.63, 3.8) is 0 Å². The van der Waals surface area contributed by atoms with E-state index in [9.17, 15) is 0 Å². The zero-order valence-corrected chi connectivity index (χ0v) is 18.8. The minimum Gasteiger partial charge on any atom is -0.291 e. The highest BCUT2D eigenvalue weighted by atomic mass is 15.1. The lowest BCUT2D eigenvalue weighted by molar-refractivity contribution is 1.11. The van der Waals surface area contributed by atoms with Gasteiger partial charge in [-0.15, -0.1) is 0 Å². The Kier molecular flexibility index (Phi) is 3.66. The third kappa shape index (κ3) is 2.55. The average molecular weight is 446 g/mol. The second kappa shape index (κ2) is 6.87. The van der Waals surface area contributed by atoms with Crippen LogP contribution in [0, 0.1) is 0 Å². The van der Waals surface area contributed by atoms with Gasteiger partial charge in [0.15, 0.2) is 0 Å². The van der Waals surface area contributed by atoms with Crippen LogP contribution in [0.3, 0.4) is 0 Å². The smallest absolute Gasteiger partial charge is 0.234 e. The zero-order chi connectivity index (χ0) is 22.9. The molecule has 8 rings (SSSR count). The number of hydrogen-bond acceptors (Lipinski definition) is 2. The maximum Gasteiger partial charge on any atom is 0.234 e. The first-order chi connectivity index (χ1) is 17.4. The summed E-state index contributed by atoms with van der Waals surface area (Å²) in [6.45, 7) is 0. The van der Waals surface area contributed by atoms with Gasteiger partial charge in [-0.2, -0.15) is 0 Å². The van der Waals surface area contributed by atoms with Crippen LogP contribution in [0.25, 0.3) is 70.9 Å². The van der Waals surface area contributed by atoms with E-state index < -0.39 is 0 Å². The predicted octanol–water partition coefficient (Wildman–Crippen LogP) is 8.16. The normalized spacial score (nSPS) is 12.0. The van der Waals surface area contributed by atoms with Crippen molar-refractivity contribution < 1.29 is 0 Å². The summed E-state index contributed by atoms with van der Waals surface area (Å²) >= 11 is 0. The van der Waals surface area contributed by atoms with Crippen LogP contribution in [-0.2, 0) is 0 Å². The highest BCUT2D eigenvalue weighted by molar-refractivity contribution is 6.33. The van der Waals surface area contributed by atoms with Crippen LogP contribution in [0.4, 0.5) is 0 Å². The van der Waals surface area contributed by atoms with Gasteiger partial charge in [-0.1, -0.05) is 91.0 Å². The van der Waals surface area contributed by atoms with Crippen LogP contribution in [0.1, 0.15) is 0 Å². The van der Waals surface area contributed by atoms with Gasteiger partial charge in [0.2, 0.25) is 5.78 Å². The zero-order valence-electron chi connectivity index (χ0n) is 18.8. The van der Waals surface area contributed by atoms with E-state index in [0.29, 0.717) is 5.78 Å². The lowest BCUT2D eigenvalue weighted by Crippen LogP contribution is -1.88. The molecule has 0 atom stereocenters. The summed E-state index contributed by atoms with van der Waals surface area (Å²) < 4.78 is 1.99. The van der Waals surface area contributed by atoms with E-state index in [1.54, 1.807) is 6.20 Å². The molecule has 3 nitrogen and oxygen atoms in total. The Labute approximate surface area is 200 Å². The van der Waals surface area contributed by atoms with Gasteiger partial charge in [-0.25, -0.2) is 9.97 Å².